The van der Waals surface area contributed by atoms with Crippen LogP contribution >= 0.6 is 11.6 Å². The second kappa shape index (κ2) is 6.94. The van der Waals surface area contributed by atoms with E-state index in [1.165, 1.54) is 12.1 Å². The highest BCUT2D eigenvalue weighted by atomic mass is 35.5. The average Bonchev–Trinajstić information content (AvgIpc) is 3.09. The van der Waals surface area contributed by atoms with E-state index in [0.717, 1.165) is 5.56 Å². The summed E-state index contributed by atoms with van der Waals surface area (Å²) in [6, 6.07) is 15.0. The van der Waals surface area contributed by atoms with Crippen molar-refractivity contribution in [3.63, 3.8) is 0 Å². The molecule has 3 aromatic rings. The molecule has 6 nitrogen and oxygen atoms in total. The van der Waals surface area contributed by atoms with Crippen LogP contribution in [-0.2, 0) is 11.3 Å². The van der Waals surface area contributed by atoms with Gasteiger partial charge in [0.2, 0.25) is 5.89 Å². The normalized spacial score (nSPS) is 10.2. The number of aromatic nitrogens is 2. The van der Waals surface area contributed by atoms with Crippen LogP contribution in [0.5, 0.6) is 0 Å². The molecule has 0 unspecified atom stereocenters. The van der Waals surface area contributed by atoms with Crippen molar-refractivity contribution in [2.75, 3.05) is 0 Å². The topological polar surface area (TPSA) is 89.0 Å². The van der Waals surface area contributed by atoms with Gasteiger partial charge in [-0.2, -0.15) is 5.26 Å². The first kappa shape index (κ1) is 15.7. The Labute approximate surface area is 142 Å². The first-order valence-electron chi connectivity index (χ1n) is 6.91. The molecular formula is C17H10ClN3O3. The van der Waals surface area contributed by atoms with E-state index in [9.17, 15) is 4.79 Å². The minimum Gasteiger partial charge on any atom is -0.452 e. The van der Waals surface area contributed by atoms with E-state index in [4.69, 9.17) is 26.0 Å². The molecular weight excluding hydrogens is 330 g/mol. The number of carbonyl (C=O) groups excluding carboxylic acids is 1. The largest absolute Gasteiger partial charge is 0.452 e. The van der Waals surface area contributed by atoms with Crippen molar-refractivity contribution in [2.45, 2.75) is 6.61 Å². The Morgan fingerprint density at radius 3 is 2.50 bits per heavy atom. The molecule has 2 aromatic carbocycles. The number of nitriles is 1. The molecule has 0 spiro atoms. The molecule has 0 aliphatic heterocycles. The third kappa shape index (κ3) is 3.59. The Morgan fingerprint density at radius 2 is 1.83 bits per heavy atom. The summed E-state index contributed by atoms with van der Waals surface area (Å²) in [7, 11) is 0. The van der Waals surface area contributed by atoms with Crippen molar-refractivity contribution in [1.82, 2.24) is 10.2 Å². The van der Waals surface area contributed by atoms with E-state index < -0.39 is 5.97 Å². The third-order valence-corrected chi connectivity index (χ3v) is 3.39. The van der Waals surface area contributed by atoms with Gasteiger partial charge in [0.25, 0.3) is 5.89 Å². The van der Waals surface area contributed by atoms with E-state index in [-0.39, 0.29) is 12.5 Å². The van der Waals surface area contributed by atoms with Crippen molar-refractivity contribution in [2.24, 2.45) is 0 Å². The van der Waals surface area contributed by atoms with Crippen molar-refractivity contribution in [3.8, 4) is 17.5 Å². The summed E-state index contributed by atoms with van der Waals surface area (Å²) in [5.74, 6) is -0.0382. The fourth-order valence-corrected chi connectivity index (χ4v) is 2.04. The number of halogens is 1. The maximum absolute atomic E-state index is 11.9. The molecule has 118 valence electrons. The zero-order valence-electron chi connectivity index (χ0n) is 12.3. The van der Waals surface area contributed by atoms with Crippen LogP contribution in [0.15, 0.2) is 52.9 Å². The second-order valence-corrected chi connectivity index (χ2v) is 5.21. The number of rotatable bonds is 4. The number of esters is 1. The summed E-state index contributed by atoms with van der Waals surface area (Å²) in [6.07, 6.45) is 0. The van der Waals surface area contributed by atoms with Crippen molar-refractivity contribution in [1.29, 1.82) is 5.26 Å². The van der Waals surface area contributed by atoms with E-state index in [1.54, 1.807) is 36.4 Å². The van der Waals surface area contributed by atoms with Gasteiger partial charge in [-0.05, 0) is 48.5 Å². The van der Waals surface area contributed by atoms with E-state index in [1.807, 2.05) is 6.07 Å². The highest BCUT2D eigenvalue weighted by molar-refractivity contribution is 6.30. The molecule has 0 saturated carbocycles. The van der Waals surface area contributed by atoms with Gasteiger partial charge < -0.3 is 9.15 Å². The molecule has 1 heterocycles. The predicted octanol–water partition coefficient (Wildman–Crippen LogP) is 3.62. The van der Waals surface area contributed by atoms with Crippen LogP contribution in [0.3, 0.4) is 0 Å². The first-order chi connectivity index (χ1) is 11.7. The van der Waals surface area contributed by atoms with Crippen LogP contribution in [0.4, 0.5) is 0 Å². The molecule has 0 aliphatic rings. The number of benzene rings is 2. The van der Waals surface area contributed by atoms with E-state index in [0.29, 0.717) is 22.0 Å². The van der Waals surface area contributed by atoms with Gasteiger partial charge in [0, 0.05) is 10.6 Å². The van der Waals surface area contributed by atoms with Gasteiger partial charge >= 0.3 is 5.97 Å². The number of carbonyl (C=O) groups is 1. The zero-order valence-corrected chi connectivity index (χ0v) is 13.0. The smallest absolute Gasteiger partial charge is 0.338 e. The quantitative estimate of drug-likeness (QED) is 0.674. The Morgan fingerprint density at radius 1 is 1.12 bits per heavy atom. The molecule has 0 saturated heterocycles. The molecule has 0 fully saturated rings. The van der Waals surface area contributed by atoms with Crippen molar-refractivity contribution >= 4 is 17.6 Å². The summed E-state index contributed by atoms with van der Waals surface area (Å²) in [5, 5.41) is 17.1. The lowest BCUT2D eigenvalue weighted by Gasteiger charge is -2.01. The first-order valence-corrected chi connectivity index (χ1v) is 7.29. The maximum Gasteiger partial charge on any atom is 0.338 e. The highest BCUT2D eigenvalue weighted by Gasteiger charge is 2.12. The molecule has 0 atom stereocenters. The molecule has 0 bridgehead atoms. The zero-order chi connectivity index (χ0) is 16.9. The fraction of sp³-hybridized carbons (Fsp3) is 0.0588. The Kier molecular flexibility index (Phi) is 4.54. The molecule has 0 amide bonds. The Balaban J connectivity index is 1.63. The summed E-state index contributed by atoms with van der Waals surface area (Å²) < 4.78 is 10.6. The van der Waals surface area contributed by atoms with Crippen LogP contribution in [0.2, 0.25) is 5.02 Å². The molecule has 0 radical (unpaired) electrons. The van der Waals surface area contributed by atoms with Gasteiger partial charge in [-0.15, -0.1) is 10.2 Å². The monoisotopic (exact) mass is 339 g/mol. The molecule has 1 aromatic heterocycles. The maximum atomic E-state index is 11.9. The minimum atomic E-state index is -0.536. The summed E-state index contributed by atoms with van der Waals surface area (Å²) in [6.45, 7) is -0.139. The van der Waals surface area contributed by atoms with Crippen LogP contribution in [0.1, 0.15) is 21.8 Å². The van der Waals surface area contributed by atoms with Gasteiger partial charge in [-0.25, -0.2) is 4.79 Å². The summed E-state index contributed by atoms with van der Waals surface area (Å²) >= 11 is 5.82. The summed E-state index contributed by atoms with van der Waals surface area (Å²) in [5.41, 5.74) is 1.53. The molecule has 24 heavy (non-hydrogen) atoms. The second-order valence-electron chi connectivity index (χ2n) is 4.77. The Bertz CT molecular complexity index is 896. The minimum absolute atomic E-state index is 0.139. The van der Waals surface area contributed by atoms with Crippen LogP contribution in [0, 0.1) is 11.3 Å². The standard InChI is InChI=1S/C17H10ClN3O3/c18-14-7-5-12(6-8-14)16-21-20-15(24-16)10-23-17(22)13-3-1-11(9-19)2-4-13/h1-8H,10H2. The van der Waals surface area contributed by atoms with Crippen LogP contribution in [0.25, 0.3) is 11.5 Å². The van der Waals surface area contributed by atoms with E-state index in [2.05, 4.69) is 10.2 Å². The lowest BCUT2D eigenvalue weighted by Crippen LogP contribution is -2.05. The lowest BCUT2D eigenvalue weighted by molar-refractivity contribution is 0.0438. The average molecular weight is 340 g/mol. The number of nitrogens with zero attached hydrogens (tertiary/aromatic N) is 3. The van der Waals surface area contributed by atoms with Gasteiger partial charge in [0.05, 0.1) is 17.2 Å². The van der Waals surface area contributed by atoms with Gasteiger partial charge in [0.15, 0.2) is 6.61 Å². The third-order valence-electron chi connectivity index (χ3n) is 3.13. The highest BCUT2D eigenvalue weighted by Crippen LogP contribution is 2.20. The number of hydrogen-bond donors (Lipinski definition) is 0. The molecule has 0 N–H and O–H groups in total. The number of hydrogen-bond acceptors (Lipinski definition) is 6. The molecule has 3 rings (SSSR count). The SMILES string of the molecule is N#Cc1ccc(C(=O)OCc2nnc(-c3ccc(Cl)cc3)o2)cc1. The molecule has 0 aliphatic carbocycles. The van der Waals surface area contributed by atoms with Gasteiger partial charge in [-0.3, -0.25) is 0 Å². The fourth-order valence-electron chi connectivity index (χ4n) is 1.91. The van der Waals surface area contributed by atoms with E-state index >= 15 is 0 Å². The van der Waals surface area contributed by atoms with Crippen LogP contribution in [-0.4, -0.2) is 16.2 Å². The lowest BCUT2D eigenvalue weighted by atomic mass is 10.1. The number of ether oxygens (including phenoxy) is 1. The Hall–Kier alpha value is -3.17. The van der Waals surface area contributed by atoms with Gasteiger partial charge in [-0.1, -0.05) is 11.6 Å². The predicted molar refractivity (Wildman–Crippen MR) is 85.0 cm³/mol. The van der Waals surface area contributed by atoms with Gasteiger partial charge in [0.1, 0.15) is 0 Å². The van der Waals surface area contributed by atoms with Crippen molar-refractivity contribution < 1.29 is 13.9 Å². The molecule has 7 heteroatoms. The van der Waals surface area contributed by atoms with Crippen molar-refractivity contribution in [3.05, 3.63) is 70.6 Å². The van der Waals surface area contributed by atoms with Crippen LogP contribution < -0.4 is 0 Å². The summed E-state index contributed by atoms with van der Waals surface area (Å²) in [4.78, 5) is 11.9.